The fourth-order valence-corrected chi connectivity index (χ4v) is 2.66. The van der Waals surface area contributed by atoms with Crippen molar-refractivity contribution in [1.82, 2.24) is 5.32 Å². The molecule has 0 aromatic heterocycles. The standard InChI is InChI=1S/C17H27NO/c1-13(2)8-10-19-11-9-18-17-7-6-15-5-4-14(3)12-16(15)17/h4-5,12-13,17-18H,6-11H2,1-3H3. The van der Waals surface area contributed by atoms with Gasteiger partial charge in [0.1, 0.15) is 0 Å². The topological polar surface area (TPSA) is 21.3 Å². The number of aryl methyl sites for hydroxylation is 2. The van der Waals surface area contributed by atoms with Gasteiger partial charge in [-0.05, 0) is 43.2 Å². The van der Waals surface area contributed by atoms with E-state index >= 15 is 0 Å². The van der Waals surface area contributed by atoms with E-state index in [-0.39, 0.29) is 0 Å². The molecule has 2 nitrogen and oxygen atoms in total. The third kappa shape index (κ3) is 4.32. The van der Waals surface area contributed by atoms with Crippen LogP contribution in [0.25, 0.3) is 0 Å². The highest BCUT2D eigenvalue weighted by atomic mass is 16.5. The van der Waals surface area contributed by atoms with Gasteiger partial charge >= 0.3 is 0 Å². The summed E-state index contributed by atoms with van der Waals surface area (Å²) in [6, 6.07) is 7.37. The van der Waals surface area contributed by atoms with E-state index in [9.17, 15) is 0 Å². The van der Waals surface area contributed by atoms with Crippen LogP contribution in [0.15, 0.2) is 18.2 Å². The second kappa shape index (κ2) is 7.06. The first kappa shape index (κ1) is 14.5. The molecule has 0 saturated carbocycles. The SMILES string of the molecule is Cc1ccc2c(c1)C(NCCOCCC(C)C)CC2. The molecule has 0 fully saturated rings. The Morgan fingerprint density at radius 2 is 2.16 bits per heavy atom. The summed E-state index contributed by atoms with van der Waals surface area (Å²) in [6.07, 6.45) is 3.59. The van der Waals surface area contributed by atoms with E-state index < -0.39 is 0 Å². The van der Waals surface area contributed by atoms with Crippen LogP contribution in [-0.2, 0) is 11.2 Å². The van der Waals surface area contributed by atoms with Gasteiger partial charge in [-0.25, -0.2) is 0 Å². The Balaban J connectivity index is 1.70. The second-order valence-corrected chi connectivity index (χ2v) is 6.04. The van der Waals surface area contributed by atoms with Gasteiger partial charge in [-0.2, -0.15) is 0 Å². The summed E-state index contributed by atoms with van der Waals surface area (Å²) in [5.74, 6) is 0.734. The number of fused-ring (bicyclic) bond motifs is 1. The molecule has 0 heterocycles. The zero-order valence-corrected chi connectivity index (χ0v) is 12.5. The Kier molecular flexibility index (Phi) is 5.41. The first-order valence-corrected chi connectivity index (χ1v) is 7.57. The number of ether oxygens (including phenoxy) is 1. The summed E-state index contributed by atoms with van der Waals surface area (Å²) < 4.78 is 5.65. The van der Waals surface area contributed by atoms with E-state index in [2.05, 4.69) is 44.3 Å². The van der Waals surface area contributed by atoms with Gasteiger partial charge in [0.15, 0.2) is 0 Å². The van der Waals surface area contributed by atoms with Crippen LogP contribution in [0.5, 0.6) is 0 Å². The predicted octanol–water partition coefficient (Wildman–Crippen LogP) is 3.63. The van der Waals surface area contributed by atoms with Crippen molar-refractivity contribution in [1.29, 1.82) is 0 Å². The normalized spacial score (nSPS) is 18.0. The van der Waals surface area contributed by atoms with E-state index in [0.717, 1.165) is 32.1 Å². The molecule has 1 aromatic carbocycles. The van der Waals surface area contributed by atoms with Gasteiger partial charge < -0.3 is 10.1 Å². The third-order valence-electron chi connectivity index (χ3n) is 3.86. The zero-order valence-electron chi connectivity index (χ0n) is 12.5. The smallest absolute Gasteiger partial charge is 0.0591 e. The molecule has 1 aromatic rings. The lowest BCUT2D eigenvalue weighted by molar-refractivity contribution is 0.123. The number of nitrogens with one attached hydrogen (secondary N) is 1. The second-order valence-electron chi connectivity index (χ2n) is 6.04. The van der Waals surface area contributed by atoms with Crippen molar-refractivity contribution in [3.63, 3.8) is 0 Å². The molecule has 0 aliphatic heterocycles. The number of hydrogen-bond acceptors (Lipinski definition) is 2. The highest BCUT2D eigenvalue weighted by Gasteiger charge is 2.21. The molecule has 2 rings (SSSR count). The van der Waals surface area contributed by atoms with Gasteiger partial charge in [0.2, 0.25) is 0 Å². The molecule has 1 N–H and O–H groups in total. The van der Waals surface area contributed by atoms with Crippen LogP contribution in [0.3, 0.4) is 0 Å². The summed E-state index contributed by atoms with van der Waals surface area (Å²) in [4.78, 5) is 0. The van der Waals surface area contributed by atoms with Gasteiger partial charge in [0, 0.05) is 19.2 Å². The molecular formula is C17H27NO. The molecule has 0 bridgehead atoms. The fraction of sp³-hybridized carbons (Fsp3) is 0.647. The van der Waals surface area contributed by atoms with Gasteiger partial charge in [0.05, 0.1) is 6.61 Å². The van der Waals surface area contributed by atoms with Crippen molar-refractivity contribution >= 4 is 0 Å². The molecule has 2 heteroatoms. The number of rotatable bonds is 7. The van der Waals surface area contributed by atoms with Crippen LogP contribution in [0.2, 0.25) is 0 Å². The zero-order chi connectivity index (χ0) is 13.7. The van der Waals surface area contributed by atoms with E-state index in [1.807, 2.05) is 0 Å². The Bertz CT molecular complexity index is 400. The summed E-state index contributed by atoms with van der Waals surface area (Å²) in [5.41, 5.74) is 4.38. The number of benzene rings is 1. The first-order chi connectivity index (χ1) is 9.16. The molecule has 1 atom stereocenters. The summed E-state index contributed by atoms with van der Waals surface area (Å²) >= 11 is 0. The molecule has 0 saturated heterocycles. The van der Waals surface area contributed by atoms with Crippen molar-refractivity contribution in [3.8, 4) is 0 Å². The van der Waals surface area contributed by atoms with Crippen LogP contribution in [-0.4, -0.2) is 19.8 Å². The van der Waals surface area contributed by atoms with Gasteiger partial charge in [0.25, 0.3) is 0 Å². The first-order valence-electron chi connectivity index (χ1n) is 7.57. The highest BCUT2D eigenvalue weighted by molar-refractivity contribution is 5.37. The van der Waals surface area contributed by atoms with E-state index in [4.69, 9.17) is 4.74 Å². The average Bonchev–Trinajstić information content (AvgIpc) is 2.76. The van der Waals surface area contributed by atoms with Crippen LogP contribution in [0.4, 0.5) is 0 Å². The lowest BCUT2D eigenvalue weighted by Gasteiger charge is -2.15. The summed E-state index contributed by atoms with van der Waals surface area (Å²) in [7, 11) is 0. The van der Waals surface area contributed by atoms with Crippen LogP contribution in [0.1, 0.15) is 49.4 Å². The van der Waals surface area contributed by atoms with E-state index in [1.165, 1.54) is 29.5 Å². The van der Waals surface area contributed by atoms with Gasteiger partial charge in [-0.3, -0.25) is 0 Å². The maximum absolute atomic E-state index is 5.65. The van der Waals surface area contributed by atoms with Gasteiger partial charge in [-0.15, -0.1) is 0 Å². The minimum Gasteiger partial charge on any atom is -0.380 e. The minimum atomic E-state index is 0.531. The third-order valence-corrected chi connectivity index (χ3v) is 3.86. The number of hydrogen-bond donors (Lipinski definition) is 1. The molecule has 106 valence electrons. The quantitative estimate of drug-likeness (QED) is 0.757. The average molecular weight is 261 g/mol. The monoisotopic (exact) mass is 261 g/mol. The molecule has 19 heavy (non-hydrogen) atoms. The van der Waals surface area contributed by atoms with Crippen molar-refractivity contribution in [2.24, 2.45) is 5.92 Å². The molecule has 0 radical (unpaired) electrons. The largest absolute Gasteiger partial charge is 0.380 e. The Morgan fingerprint density at radius 1 is 1.32 bits per heavy atom. The lowest BCUT2D eigenvalue weighted by atomic mass is 10.1. The Morgan fingerprint density at radius 3 is 2.95 bits per heavy atom. The van der Waals surface area contributed by atoms with Crippen molar-refractivity contribution in [2.75, 3.05) is 19.8 Å². The molecule has 0 spiro atoms. The molecule has 1 unspecified atom stereocenters. The fourth-order valence-electron chi connectivity index (χ4n) is 2.66. The van der Waals surface area contributed by atoms with Crippen LogP contribution in [0, 0.1) is 12.8 Å². The minimum absolute atomic E-state index is 0.531. The lowest BCUT2D eigenvalue weighted by Crippen LogP contribution is -2.24. The van der Waals surface area contributed by atoms with E-state index in [1.54, 1.807) is 0 Å². The summed E-state index contributed by atoms with van der Waals surface area (Å²) in [6.45, 7) is 9.31. The van der Waals surface area contributed by atoms with Crippen molar-refractivity contribution in [3.05, 3.63) is 34.9 Å². The highest BCUT2D eigenvalue weighted by Crippen LogP contribution is 2.31. The van der Waals surface area contributed by atoms with Crippen molar-refractivity contribution < 1.29 is 4.74 Å². The Labute approximate surface area is 117 Å². The molecule has 0 amide bonds. The molecule has 1 aliphatic rings. The van der Waals surface area contributed by atoms with Gasteiger partial charge in [-0.1, -0.05) is 37.6 Å². The summed E-state index contributed by atoms with van der Waals surface area (Å²) in [5, 5.41) is 3.63. The van der Waals surface area contributed by atoms with Crippen LogP contribution >= 0.6 is 0 Å². The van der Waals surface area contributed by atoms with Crippen molar-refractivity contribution in [2.45, 2.75) is 46.1 Å². The van der Waals surface area contributed by atoms with Crippen LogP contribution < -0.4 is 5.32 Å². The maximum atomic E-state index is 5.65. The Hall–Kier alpha value is -0.860. The maximum Gasteiger partial charge on any atom is 0.0591 e. The van der Waals surface area contributed by atoms with E-state index in [0.29, 0.717) is 6.04 Å². The molecular weight excluding hydrogens is 234 g/mol. The molecule has 1 aliphatic carbocycles. The predicted molar refractivity (Wildman–Crippen MR) is 80.5 cm³/mol.